The molecule has 1 heterocycles. The molecule has 2 aromatic carbocycles. The van der Waals surface area contributed by atoms with Crippen LogP contribution in [0.2, 0.25) is 15.1 Å². The minimum Gasteiger partial charge on any atom is -0.364 e. The van der Waals surface area contributed by atoms with Gasteiger partial charge in [0.25, 0.3) is 5.91 Å². The van der Waals surface area contributed by atoms with E-state index in [0.717, 1.165) is 0 Å². The molecule has 132 valence electrons. The second kappa shape index (κ2) is 7.45. The average molecular weight is 410 g/mol. The van der Waals surface area contributed by atoms with E-state index in [2.05, 4.69) is 10.3 Å². The predicted molar refractivity (Wildman–Crippen MR) is 99.0 cm³/mol. The number of primary amides is 1. The molecule has 0 atom stereocenters. The van der Waals surface area contributed by atoms with Crippen LogP contribution in [0.1, 0.15) is 32.0 Å². The van der Waals surface area contributed by atoms with Crippen molar-refractivity contribution >= 4 is 46.5 Å². The molecule has 0 radical (unpaired) electrons. The summed E-state index contributed by atoms with van der Waals surface area (Å²) in [6.45, 7) is 0.259. The average Bonchev–Trinajstić information content (AvgIpc) is 3.03. The quantitative estimate of drug-likeness (QED) is 0.652. The number of amides is 1. The highest BCUT2D eigenvalue weighted by atomic mass is 35.5. The van der Waals surface area contributed by atoms with E-state index in [9.17, 15) is 9.59 Å². The Labute approximate surface area is 163 Å². The van der Waals surface area contributed by atoms with Crippen molar-refractivity contribution in [2.45, 2.75) is 6.54 Å². The number of aromatic nitrogens is 3. The summed E-state index contributed by atoms with van der Waals surface area (Å²) in [5.74, 6) is -0.976. The van der Waals surface area contributed by atoms with Crippen LogP contribution in [0.3, 0.4) is 0 Å². The zero-order valence-corrected chi connectivity index (χ0v) is 15.4. The number of carbonyl (C=O) groups is 2. The molecule has 0 aliphatic heterocycles. The molecule has 0 spiro atoms. The van der Waals surface area contributed by atoms with Gasteiger partial charge in [-0.25, -0.2) is 4.68 Å². The lowest BCUT2D eigenvalue weighted by Gasteiger charge is -2.10. The molecule has 3 aromatic rings. The van der Waals surface area contributed by atoms with Crippen LogP contribution >= 0.6 is 34.8 Å². The largest absolute Gasteiger partial charge is 0.364 e. The fourth-order valence-corrected chi connectivity index (χ4v) is 3.18. The monoisotopic (exact) mass is 408 g/mol. The Morgan fingerprint density at radius 2 is 1.65 bits per heavy atom. The summed E-state index contributed by atoms with van der Waals surface area (Å²) in [6.07, 6.45) is 1.41. The van der Waals surface area contributed by atoms with E-state index < -0.39 is 5.91 Å². The van der Waals surface area contributed by atoms with Gasteiger partial charge in [0.1, 0.15) is 0 Å². The van der Waals surface area contributed by atoms with Crippen LogP contribution in [0.25, 0.3) is 0 Å². The Balaban J connectivity index is 1.89. The van der Waals surface area contributed by atoms with Crippen LogP contribution in [-0.2, 0) is 6.54 Å². The van der Waals surface area contributed by atoms with Crippen LogP contribution in [0, 0.1) is 0 Å². The number of hydrogen-bond donors (Lipinski definition) is 1. The third-order valence-electron chi connectivity index (χ3n) is 3.57. The predicted octanol–water partition coefficient (Wildman–Crippen LogP) is 3.62. The van der Waals surface area contributed by atoms with E-state index in [1.54, 1.807) is 36.4 Å². The molecule has 0 bridgehead atoms. The van der Waals surface area contributed by atoms with E-state index in [0.29, 0.717) is 16.1 Å². The molecule has 0 aliphatic rings. The SMILES string of the molecule is NC(=O)c1cn(Cc2cc(Cl)c(C(=O)c3ccc(Cl)cc3)c(Cl)c2)nn1. The maximum absolute atomic E-state index is 12.7. The van der Waals surface area contributed by atoms with Crippen molar-refractivity contribution in [2.24, 2.45) is 5.73 Å². The molecule has 0 aliphatic carbocycles. The van der Waals surface area contributed by atoms with Crippen molar-refractivity contribution in [1.29, 1.82) is 0 Å². The lowest BCUT2D eigenvalue weighted by molar-refractivity contribution is 0.0994. The lowest BCUT2D eigenvalue weighted by Crippen LogP contribution is -2.11. The smallest absolute Gasteiger partial charge is 0.270 e. The molecule has 26 heavy (non-hydrogen) atoms. The molecule has 1 aromatic heterocycles. The van der Waals surface area contributed by atoms with E-state index in [4.69, 9.17) is 40.5 Å². The molecule has 2 N–H and O–H groups in total. The van der Waals surface area contributed by atoms with Crippen LogP contribution in [0.4, 0.5) is 0 Å². The van der Waals surface area contributed by atoms with Crippen molar-refractivity contribution < 1.29 is 9.59 Å². The molecular weight excluding hydrogens is 399 g/mol. The summed E-state index contributed by atoms with van der Waals surface area (Å²) in [4.78, 5) is 23.7. The molecule has 0 saturated heterocycles. The number of nitrogens with two attached hydrogens (primary N) is 1. The van der Waals surface area contributed by atoms with Gasteiger partial charge in [0.05, 0.1) is 28.4 Å². The van der Waals surface area contributed by atoms with Gasteiger partial charge in [0.2, 0.25) is 0 Å². The summed E-state index contributed by atoms with van der Waals surface area (Å²) >= 11 is 18.4. The number of halogens is 3. The van der Waals surface area contributed by atoms with E-state index in [-0.39, 0.29) is 33.6 Å². The number of nitrogens with zero attached hydrogens (tertiary/aromatic N) is 3. The minimum atomic E-state index is -0.670. The Morgan fingerprint density at radius 1 is 1.04 bits per heavy atom. The van der Waals surface area contributed by atoms with Crippen molar-refractivity contribution in [1.82, 2.24) is 15.0 Å². The van der Waals surface area contributed by atoms with E-state index in [1.165, 1.54) is 10.9 Å². The summed E-state index contributed by atoms with van der Waals surface area (Å²) in [5.41, 5.74) is 6.51. The molecule has 0 fully saturated rings. The number of carbonyl (C=O) groups excluding carboxylic acids is 2. The van der Waals surface area contributed by atoms with Gasteiger partial charge in [0.15, 0.2) is 11.5 Å². The van der Waals surface area contributed by atoms with Gasteiger partial charge in [0, 0.05) is 10.6 Å². The van der Waals surface area contributed by atoms with Crippen molar-refractivity contribution in [3.05, 3.63) is 80.0 Å². The first-order valence-corrected chi connectivity index (χ1v) is 8.46. The standard InChI is InChI=1S/C17H11Cl3N4O2/c18-11-3-1-10(2-4-11)16(25)15-12(19)5-9(6-13(15)20)7-24-8-14(17(21)26)22-23-24/h1-6,8H,7H2,(H2,21,26). The molecule has 3 rings (SSSR count). The van der Waals surface area contributed by atoms with Crippen LogP contribution < -0.4 is 5.73 Å². The topological polar surface area (TPSA) is 90.9 Å². The summed E-state index contributed by atoms with van der Waals surface area (Å²) in [6, 6.07) is 9.67. The lowest BCUT2D eigenvalue weighted by atomic mass is 10.0. The van der Waals surface area contributed by atoms with Gasteiger partial charge < -0.3 is 5.73 Å². The van der Waals surface area contributed by atoms with Gasteiger partial charge in [-0.15, -0.1) is 5.10 Å². The van der Waals surface area contributed by atoms with Crippen LogP contribution in [0.15, 0.2) is 42.6 Å². The first kappa shape index (κ1) is 18.4. The Hall–Kier alpha value is -2.41. The highest BCUT2D eigenvalue weighted by molar-refractivity contribution is 6.41. The molecule has 0 saturated carbocycles. The van der Waals surface area contributed by atoms with Crippen LogP contribution in [0.5, 0.6) is 0 Å². The molecular formula is C17H11Cl3N4O2. The second-order valence-corrected chi connectivity index (χ2v) is 6.69. The molecule has 6 nitrogen and oxygen atoms in total. The van der Waals surface area contributed by atoms with E-state index in [1.807, 2.05) is 0 Å². The molecule has 0 unspecified atom stereocenters. The van der Waals surface area contributed by atoms with Crippen molar-refractivity contribution in [3.8, 4) is 0 Å². The third kappa shape index (κ3) is 3.88. The Kier molecular flexibility index (Phi) is 5.27. The first-order chi connectivity index (χ1) is 12.3. The number of rotatable bonds is 5. The molecule has 9 heteroatoms. The highest BCUT2D eigenvalue weighted by Gasteiger charge is 2.18. The Bertz CT molecular complexity index is 976. The third-order valence-corrected chi connectivity index (χ3v) is 4.42. The first-order valence-electron chi connectivity index (χ1n) is 7.33. The van der Waals surface area contributed by atoms with Crippen LogP contribution in [-0.4, -0.2) is 26.7 Å². The maximum atomic E-state index is 12.7. The van der Waals surface area contributed by atoms with Gasteiger partial charge >= 0.3 is 0 Å². The molecule has 1 amide bonds. The van der Waals surface area contributed by atoms with E-state index >= 15 is 0 Å². The normalized spacial score (nSPS) is 10.7. The fraction of sp³-hybridized carbons (Fsp3) is 0.0588. The Morgan fingerprint density at radius 3 is 2.19 bits per heavy atom. The summed E-state index contributed by atoms with van der Waals surface area (Å²) in [5, 5.41) is 8.41. The zero-order valence-electron chi connectivity index (χ0n) is 13.1. The van der Waals surface area contributed by atoms with Crippen molar-refractivity contribution in [3.63, 3.8) is 0 Å². The number of hydrogen-bond acceptors (Lipinski definition) is 4. The summed E-state index contributed by atoms with van der Waals surface area (Å²) < 4.78 is 1.42. The minimum absolute atomic E-state index is 0.0525. The van der Waals surface area contributed by atoms with Gasteiger partial charge in [-0.3, -0.25) is 9.59 Å². The fourth-order valence-electron chi connectivity index (χ4n) is 2.36. The second-order valence-electron chi connectivity index (χ2n) is 5.44. The van der Waals surface area contributed by atoms with Crippen molar-refractivity contribution in [2.75, 3.05) is 0 Å². The summed E-state index contributed by atoms with van der Waals surface area (Å²) in [7, 11) is 0. The van der Waals surface area contributed by atoms with Gasteiger partial charge in [-0.1, -0.05) is 40.0 Å². The highest BCUT2D eigenvalue weighted by Crippen LogP contribution is 2.29. The zero-order chi connectivity index (χ0) is 18.8. The number of ketones is 1. The van der Waals surface area contributed by atoms with Gasteiger partial charge in [-0.05, 0) is 42.0 Å². The maximum Gasteiger partial charge on any atom is 0.270 e. The van der Waals surface area contributed by atoms with Gasteiger partial charge in [-0.2, -0.15) is 0 Å². The number of benzene rings is 2.